The molecule has 1 aliphatic heterocycles. The third-order valence-electron chi connectivity index (χ3n) is 2.97. The maximum Gasteiger partial charge on any atom is 0.254 e. The molecule has 2 aromatic rings. The van der Waals surface area contributed by atoms with Crippen molar-refractivity contribution in [1.29, 1.82) is 0 Å². The van der Waals surface area contributed by atoms with E-state index in [2.05, 4.69) is 9.97 Å². The van der Waals surface area contributed by atoms with E-state index in [1.54, 1.807) is 11.0 Å². The van der Waals surface area contributed by atoms with Gasteiger partial charge in [-0.1, -0.05) is 29.8 Å². The average molecular weight is 294 g/mol. The first-order valence-electron chi connectivity index (χ1n) is 5.69. The quantitative estimate of drug-likeness (QED) is 0.632. The molecule has 0 bridgehead atoms. The second-order valence-corrected chi connectivity index (χ2v) is 4.99. The molecule has 4 nitrogen and oxygen atoms in total. The number of benzene rings is 1. The number of nitrogens with zero attached hydrogens (tertiary/aromatic N) is 3. The highest BCUT2D eigenvalue weighted by molar-refractivity contribution is 6.31. The number of hydrogen-bond acceptors (Lipinski definition) is 3. The molecule has 1 aliphatic rings. The van der Waals surface area contributed by atoms with Crippen molar-refractivity contribution in [1.82, 2.24) is 14.9 Å². The van der Waals surface area contributed by atoms with Gasteiger partial charge in [-0.25, -0.2) is 9.97 Å². The molecular weight excluding hydrogens is 285 g/mol. The van der Waals surface area contributed by atoms with Crippen LogP contribution in [0.25, 0.3) is 0 Å². The van der Waals surface area contributed by atoms with Crippen molar-refractivity contribution in [3.05, 3.63) is 57.6 Å². The Bertz CT molecular complexity index is 640. The van der Waals surface area contributed by atoms with E-state index < -0.39 is 0 Å². The minimum absolute atomic E-state index is 0.00135. The molecule has 0 saturated heterocycles. The summed E-state index contributed by atoms with van der Waals surface area (Å²) in [6.07, 6.45) is 0. The third kappa shape index (κ3) is 2.41. The minimum atomic E-state index is 0.00135. The van der Waals surface area contributed by atoms with Crippen LogP contribution in [0.15, 0.2) is 30.3 Å². The van der Waals surface area contributed by atoms with Crippen molar-refractivity contribution in [2.75, 3.05) is 0 Å². The van der Waals surface area contributed by atoms with Crippen molar-refractivity contribution in [2.24, 2.45) is 0 Å². The largest absolute Gasteiger partial charge is 0.328 e. The lowest BCUT2D eigenvalue weighted by Gasteiger charge is -2.15. The number of carbonyl (C=O) groups is 1. The van der Waals surface area contributed by atoms with E-state index in [0.717, 1.165) is 11.1 Å². The van der Waals surface area contributed by atoms with Crippen molar-refractivity contribution < 1.29 is 4.79 Å². The molecule has 0 saturated carbocycles. The Kier molecular flexibility index (Phi) is 3.12. The molecule has 3 rings (SSSR count). The van der Waals surface area contributed by atoms with Crippen molar-refractivity contribution in [2.45, 2.75) is 13.1 Å². The molecule has 96 valence electrons. The molecule has 2 heterocycles. The van der Waals surface area contributed by atoms with Gasteiger partial charge in [0.25, 0.3) is 5.91 Å². The van der Waals surface area contributed by atoms with Crippen LogP contribution < -0.4 is 0 Å². The van der Waals surface area contributed by atoms with E-state index in [-0.39, 0.29) is 16.3 Å². The van der Waals surface area contributed by atoms with Gasteiger partial charge < -0.3 is 4.90 Å². The van der Waals surface area contributed by atoms with Gasteiger partial charge in [-0.2, -0.15) is 0 Å². The Balaban J connectivity index is 1.85. The molecule has 1 aromatic carbocycles. The van der Waals surface area contributed by atoms with E-state index in [1.807, 2.05) is 24.3 Å². The van der Waals surface area contributed by atoms with E-state index in [4.69, 9.17) is 23.2 Å². The standard InChI is InChI=1S/C13H9Cl2N3O/c14-11-5-9(16-13(15)17-11)7-18-6-8-3-1-2-4-10(8)12(18)19/h1-5H,6-7H2. The zero-order chi connectivity index (χ0) is 13.4. The van der Waals surface area contributed by atoms with E-state index in [9.17, 15) is 4.79 Å². The highest BCUT2D eigenvalue weighted by Gasteiger charge is 2.27. The smallest absolute Gasteiger partial charge is 0.254 e. The lowest BCUT2D eigenvalue weighted by Crippen LogP contribution is -2.23. The molecular formula is C13H9Cl2N3O. The van der Waals surface area contributed by atoms with Crippen LogP contribution in [0.1, 0.15) is 21.6 Å². The van der Waals surface area contributed by atoms with Gasteiger partial charge in [0.2, 0.25) is 5.28 Å². The molecule has 0 radical (unpaired) electrons. The summed E-state index contributed by atoms with van der Waals surface area (Å²) in [6, 6.07) is 9.18. The molecule has 1 amide bonds. The Labute approximate surface area is 120 Å². The summed E-state index contributed by atoms with van der Waals surface area (Å²) >= 11 is 11.6. The van der Waals surface area contributed by atoms with Crippen LogP contribution in [0.5, 0.6) is 0 Å². The molecule has 6 heteroatoms. The molecule has 19 heavy (non-hydrogen) atoms. The Morgan fingerprint density at radius 1 is 1.21 bits per heavy atom. The highest BCUT2D eigenvalue weighted by atomic mass is 35.5. The maximum atomic E-state index is 12.2. The highest BCUT2D eigenvalue weighted by Crippen LogP contribution is 2.24. The van der Waals surface area contributed by atoms with Gasteiger partial charge in [-0.3, -0.25) is 4.79 Å². The molecule has 0 aliphatic carbocycles. The van der Waals surface area contributed by atoms with Crippen LogP contribution >= 0.6 is 23.2 Å². The van der Waals surface area contributed by atoms with Gasteiger partial charge in [0, 0.05) is 12.1 Å². The topological polar surface area (TPSA) is 46.1 Å². The molecule has 1 aromatic heterocycles. The summed E-state index contributed by atoms with van der Waals surface area (Å²) < 4.78 is 0. The Hall–Kier alpha value is -1.65. The fourth-order valence-corrected chi connectivity index (χ4v) is 2.60. The maximum absolute atomic E-state index is 12.2. The average Bonchev–Trinajstić information content (AvgIpc) is 2.66. The summed E-state index contributed by atoms with van der Waals surface area (Å²) in [7, 11) is 0. The normalized spacial score (nSPS) is 13.8. The van der Waals surface area contributed by atoms with Crippen LogP contribution in [0, 0.1) is 0 Å². The molecule has 0 unspecified atom stereocenters. The first kappa shape index (κ1) is 12.4. The van der Waals surface area contributed by atoms with E-state index >= 15 is 0 Å². The van der Waals surface area contributed by atoms with Gasteiger partial charge >= 0.3 is 0 Å². The first-order valence-corrected chi connectivity index (χ1v) is 6.45. The number of carbonyl (C=O) groups excluding carboxylic acids is 1. The first-order chi connectivity index (χ1) is 9.13. The van der Waals surface area contributed by atoms with Gasteiger partial charge in [0.1, 0.15) is 5.15 Å². The predicted octanol–water partition coefficient (Wildman–Crippen LogP) is 2.94. The monoisotopic (exact) mass is 293 g/mol. The van der Waals surface area contributed by atoms with Crippen LogP contribution in [0.4, 0.5) is 0 Å². The fourth-order valence-electron chi connectivity index (χ4n) is 2.15. The molecule has 0 atom stereocenters. The van der Waals surface area contributed by atoms with Crippen LogP contribution in [-0.4, -0.2) is 20.8 Å². The van der Waals surface area contributed by atoms with Crippen molar-refractivity contribution in [3.8, 4) is 0 Å². The zero-order valence-electron chi connectivity index (χ0n) is 9.81. The Morgan fingerprint density at radius 3 is 2.74 bits per heavy atom. The van der Waals surface area contributed by atoms with Gasteiger partial charge in [-0.05, 0) is 29.3 Å². The second kappa shape index (κ2) is 4.79. The van der Waals surface area contributed by atoms with E-state index in [0.29, 0.717) is 18.8 Å². The van der Waals surface area contributed by atoms with Crippen molar-refractivity contribution in [3.63, 3.8) is 0 Å². The predicted molar refractivity (Wildman–Crippen MR) is 72.1 cm³/mol. The summed E-state index contributed by atoms with van der Waals surface area (Å²) in [4.78, 5) is 21.7. The van der Waals surface area contributed by atoms with E-state index in [1.165, 1.54) is 0 Å². The summed E-state index contributed by atoms with van der Waals surface area (Å²) in [5.41, 5.74) is 2.40. The van der Waals surface area contributed by atoms with Crippen molar-refractivity contribution >= 4 is 29.1 Å². The minimum Gasteiger partial charge on any atom is -0.328 e. The zero-order valence-corrected chi connectivity index (χ0v) is 11.3. The number of amides is 1. The second-order valence-electron chi connectivity index (χ2n) is 4.27. The fraction of sp³-hybridized carbons (Fsp3) is 0.154. The summed E-state index contributed by atoms with van der Waals surface area (Å²) in [6.45, 7) is 0.948. The third-order valence-corrected chi connectivity index (χ3v) is 3.33. The number of fused-ring (bicyclic) bond motifs is 1. The number of aromatic nitrogens is 2. The van der Waals surface area contributed by atoms with Crippen LogP contribution in [0.2, 0.25) is 10.4 Å². The number of halogens is 2. The molecule has 0 fully saturated rings. The summed E-state index contributed by atoms with van der Waals surface area (Å²) in [5.74, 6) is 0.00135. The van der Waals surface area contributed by atoms with Gasteiger partial charge in [-0.15, -0.1) is 0 Å². The lowest BCUT2D eigenvalue weighted by atomic mass is 10.1. The summed E-state index contributed by atoms with van der Waals surface area (Å²) in [5, 5.41) is 0.367. The number of rotatable bonds is 2. The Morgan fingerprint density at radius 2 is 2.00 bits per heavy atom. The lowest BCUT2D eigenvalue weighted by molar-refractivity contribution is 0.0764. The molecule has 0 spiro atoms. The van der Waals surface area contributed by atoms with Crippen LogP contribution in [-0.2, 0) is 13.1 Å². The van der Waals surface area contributed by atoms with Gasteiger partial charge in [0.15, 0.2) is 0 Å². The van der Waals surface area contributed by atoms with Gasteiger partial charge in [0.05, 0.1) is 12.2 Å². The molecule has 0 N–H and O–H groups in total. The number of hydrogen-bond donors (Lipinski definition) is 0. The SMILES string of the molecule is O=C1c2ccccc2CN1Cc1cc(Cl)nc(Cl)n1. The van der Waals surface area contributed by atoms with Crippen LogP contribution in [0.3, 0.4) is 0 Å².